The summed E-state index contributed by atoms with van der Waals surface area (Å²) < 4.78 is 3.22. The number of rotatable bonds is 4. The summed E-state index contributed by atoms with van der Waals surface area (Å²) >= 11 is -3.47. The summed E-state index contributed by atoms with van der Waals surface area (Å²) in [5, 5.41) is 11.2. The Morgan fingerprint density at radius 2 is 1.00 bits per heavy atom. The molecular weight excluding hydrogens is 483 g/mol. The summed E-state index contributed by atoms with van der Waals surface area (Å²) in [6, 6.07) is 30.0. The van der Waals surface area contributed by atoms with Crippen LogP contribution in [-0.4, -0.2) is 13.3 Å². The van der Waals surface area contributed by atoms with Crippen LogP contribution in [0.2, 0.25) is 5.25 Å². The van der Waals surface area contributed by atoms with E-state index in [1.165, 1.54) is 64.4 Å². The third kappa shape index (κ3) is 3.58. The van der Waals surface area contributed by atoms with Crippen LogP contribution in [0.4, 0.5) is 0 Å². The number of hydrogen-bond acceptors (Lipinski definition) is 1. The molecule has 0 saturated heterocycles. The molecular formula is C33H33GeN. The van der Waals surface area contributed by atoms with E-state index in [0.717, 1.165) is 0 Å². The molecule has 0 aromatic heterocycles. The first kappa shape index (κ1) is 23.6. The van der Waals surface area contributed by atoms with Gasteiger partial charge in [-0.3, -0.25) is 0 Å². The van der Waals surface area contributed by atoms with E-state index in [9.17, 15) is 5.26 Å². The van der Waals surface area contributed by atoms with Crippen LogP contribution >= 0.6 is 0 Å². The van der Waals surface area contributed by atoms with Crippen molar-refractivity contribution in [2.45, 2.75) is 51.5 Å². The molecule has 0 aliphatic heterocycles. The zero-order chi connectivity index (χ0) is 24.9. The van der Waals surface area contributed by atoms with Gasteiger partial charge in [-0.05, 0) is 0 Å². The van der Waals surface area contributed by atoms with Crippen molar-refractivity contribution in [3.8, 4) is 17.2 Å². The van der Waals surface area contributed by atoms with Crippen molar-refractivity contribution in [3.05, 3.63) is 117 Å². The Balaban J connectivity index is 2.01. The number of hydrogen-bond donors (Lipinski definition) is 0. The third-order valence-corrected chi connectivity index (χ3v) is 19.9. The number of fused-ring (bicyclic) bond motifs is 3. The van der Waals surface area contributed by atoms with Gasteiger partial charge in [-0.1, -0.05) is 0 Å². The predicted octanol–water partition coefficient (Wildman–Crippen LogP) is 6.98. The zero-order valence-corrected chi connectivity index (χ0v) is 23.8. The molecule has 0 heterocycles. The topological polar surface area (TPSA) is 23.8 Å². The van der Waals surface area contributed by atoms with Crippen LogP contribution in [0.3, 0.4) is 0 Å². The second kappa shape index (κ2) is 8.85. The van der Waals surface area contributed by atoms with Gasteiger partial charge in [-0.15, -0.1) is 0 Å². The number of nitriles is 1. The van der Waals surface area contributed by atoms with Gasteiger partial charge >= 0.3 is 213 Å². The molecule has 0 N–H and O–H groups in total. The standard InChI is InChI=1S/C33H33GeN/c1-21-17-23(3)31(24(4)18-21)34(15-16-35,32-25(5)19-22(2)20-26(32)6)33-29-13-9-7-11-27(29)28-12-8-10-14-30(28)33/h7-14,17-20,33H,15H2,1-6H3. The van der Waals surface area contributed by atoms with Gasteiger partial charge in [0, 0.05) is 0 Å². The van der Waals surface area contributed by atoms with E-state index in [4.69, 9.17) is 0 Å². The van der Waals surface area contributed by atoms with Gasteiger partial charge in [0.05, 0.1) is 0 Å². The fourth-order valence-electron chi connectivity index (χ4n) is 7.27. The van der Waals surface area contributed by atoms with E-state index in [2.05, 4.69) is 120 Å². The maximum absolute atomic E-state index is 10.6. The van der Waals surface area contributed by atoms with Crippen molar-refractivity contribution in [1.82, 2.24) is 0 Å². The summed E-state index contributed by atoms with van der Waals surface area (Å²) in [6.07, 6.45) is 0. The van der Waals surface area contributed by atoms with E-state index in [1.807, 2.05) is 0 Å². The molecule has 0 spiro atoms. The molecule has 0 fully saturated rings. The monoisotopic (exact) mass is 517 g/mol. The molecule has 1 nitrogen and oxygen atoms in total. The van der Waals surface area contributed by atoms with E-state index in [1.54, 1.807) is 0 Å². The van der Waals surface area contributed by atoms with Crippen LogP contribution in [0.25, 0.3) is 11.1 Å². The Morgan fingerprint density at radius 1 is 0.629 bits per heavy atom. The average molecular weight is 516 g/mol. The molecule has 35 heavy (non-hydrogen) atoms. The molecule has 1 aliphatic rings. The summed E-state index contributed by atoms with van der Waals surface area (Å²) in [5.41, 5.74) is 13.5. The van der Waals surface area contributed by atoms with Crippen LogP contribution in [0, 0.1) is 52.9 Å². The van der Waals surface area contributed by atoms with Crippen LogP contribution in [0.15, 0.2) is 72.8 Å². The van der Waals surface area contributed by atoms with Crippen molar-refractivity contribution in [2.24, 2.45) is 0 Å². The molecule has 4 aromatic carbocycles. The normalized spacial score (nSPS) is 12.8. The Bertz CT molecular complexity index is 1360. The summed E-state index contributed by atoms with van der Waals surface area (Å²) in [6.45, 7) is 13.5. The van der Waals surface area contributed by atoms with Gasteiger partial charge in [-0.2, -0.15) is 0 Å². The van der Waals surface area contributed by atoms with Crippen molar-refractivity contribution in [2.75, 3.05) is 0 Å². The molecule has 0 unspecified atom stereocenters. The number of benzene rings is 4. The SMILES string of the molecule is Cc1cc(C)[c]([Ge]([CH2]C#N)([c]2c(C)cc(C)cc2C)[CH]2c3ccccc3-c3ccccc32)c(C)c1. The third-order valence-electron chi connectivity index (χ3n) is 7.93. The molecule has 2 heteroatoms. The first-order valence-corrected chi connectivity index (χ1v) is 17.3. The van der Waals surface area contributed by atoms with E-state index in [-0.39, 0.29) is 4.75 Å². The quantitative estimate of drug-likeness (QED) is 0.269. The van der Waals surface area contributed by atoms with Crippen molar-refractivity contribution in [1.29, 1.82) is 5.26 Å². The van der Waals surface area contributed by atoms with Crippen molar-refractivity contribution < 1.29 is 0 Å². The molecule has 174 valence electrons. The molecule has 0 saturated carbocycles. The van der Waals surface area contributed by atoms with Gasteiger partial charge in [0.15, 0.2) is 0 Å². The molecule has 0 amide bonds. The average Bonchev–Trinajstić information content (AvgIpc) is 3.12. The molecule has 0 radical (unpaired) electrons. The molecule has 0 bridgehead atoms. The van der Waals surface area contributed by atoms with Crippen LogP contribution in [0.5, 0.6) is 0 Å². The zero-order valence-electron chi connectivity index (χ0n) is 21.7. The molecule has 4 aromatic rings. The van der Waals surface area contributed by atoms with Crippen LogP contribution in [0.1, 0.15) is 49.3 Å². The molecule has 1 aliphatic carbocycles. The minimum atomic E-state index is -3.47. The first-order valence-electron chi connectivity index (χ1n) is 12.5. The Kier molecular flexibility index (Phi) is 5.98. The fourth-order valence-corrected chi connectivity index (χ4v) is 20.5. The Morgan fingerprint density at radius 3 is 1.37 bits per heavy atom. The summed E-state index contributed by atoms with van der Waals surface area (Å²) in [4.78, 5) is 0. The predicted molar refractivity (Wildman–Crippen MR) is 150 cm³/mol. The fraction of sp³-hybridized carbons (Fsp3) is 0.242. The van der Waals surface area contributed by atoms with Gasteiger partial charge in [-0.25, -0.2) is 0 Å². The maximum atomic E-state index is 10.6. The van der Waals surface area contributed by atoms with Gasteiger partial charge in [0.25, 0.3) is 0 Å². The second-order valence-electron chi connectivity index (χ2n) is 10.5. The van der Waals surface area contributed by atoms with Crippen molar-refractivity contribution in [3.63, 3.8) is 0 Å². The van der Waals surface area contributed by atoms with E-state index < -0.39 is 13.3 Å². The van der Waals surface area contributed by atoms with Crippen molar-refractivity contribution >= 4 is 22.1 Å². The second-order valence-corrected chi connectivity index (χ2v) is 18.6. The van der Waals surface area contributed by atoms with E-state index in [0.29, 0.717) is 5.25 Å². The number of aryl methyl sites for hydroxylation is 6. The summed E-state index contributed by atoms with van der Waals surface area (Å²) in [5.74, 6) is 0. The summed E-state index contributed by atoms with van der Waals surface area (Å²) in [7, 11) is 0. The Hall–Kier alpha value is -3.09. The number of nitrogens with zero attached hydrogens (tertiary/aromatic N) is 1. The molecule has 5 rings (SSSR count). The van der Waals surface area contributed by atoms with Gasteiger partial charge in [0.2, 0.25) is 0 Å². The molecule has 0 atom stereocenters. The van der Waals surface area contributed by atoms with Gasteiger partial charge < -0.3 is 0 Å². The van der Waals surface area contributed by atoms with Crippen LogP contribution < -0.4 is 8.79 Å². The Labute approximate surface area is 212 Å². The first-order chi connectivity index (χ1) is 16.8. The van der Waals surface area contributed by atoms with Crippen LogP contribution in [-0.2, 0) is 0 Å². The van der Waals surface area contributed by atoms with Gasteiger partial charge in [0.1, 0.15) is 0 Å². The minimum absolute atomic E-state index is 0.238. The van der Waals surface area contributed by atoms with E-state index >= 15 is 0 Å².